The first kappa shape index (κ1) is 9.02. The Bertz CT molecular complexity index is 11.6. The molecule has 32 valence electrons. The molecule has 0 radical (unpaired) electrons. The predicted octanol–water partition coefficient (Wildman–Crippen LogP) is 0.870. The molecule has 0 heterocycles. The average molecular weight is 92.4 g/mol. The van der Waals surface area contributed by atoms with Crippen LogP contribution in [0, 0.1) is 0 Å². The van der Waals surface area contributed by atoms with E-state index >= 15 is 0 Å². The molecule has 0 aromatic rings. The lowest BCUT2D eigenvalue weighted by Crippen LogP contribution is -1.67. The van der Waals surface area contributed by atoms with Crippen LogP contribution in [0.25, 0.3) is 0 Å². The molecule has 0 rings (SSSR count). The van der Waals surface area contributed by atoms with Gasteiger partial charge >= 0.3 is 0 Å². The molecule has 2 heteroatoms. The monoisotopic (exact) mass is 92.1 g/mol. The van der Waals surface area contributed by atoms with Crippen molar-refractivity contribution in [2.75, 3.05) is 0 Å². The summed E-state index contributed by atoms with van der Waals surface area (Å²) >= 11 is 0. The fourth-order valence-corrected chi connectivity index (χ4v) is 0. The number of rotatable bonds is 0. The minimum absolute atomic E-state index is 0. The van der Waals surface area contributed by atoms with E-state index < -0.39 is 0 Å². The molecule has 0 atom stereocenters. The quantitative estimate of drug-likeness (QED) is 0.389. The lowest BCUT2D eigenvalue weighted by atomic mass is 9.93. The highest BCUT2D eigenvalue weighted by molar-refractivity contribution is 6.10. The predicted molar refractivity (Wildman–Crippen MR) is 30.9 cm³/mol. The Morgan fingerprint density at radius 2 is 1.40 bits per heavy atom. The summed E-state index contributed by atoms with van der Waals surface area (Å²) < 4.78 is 0. The third kappa shape index (κ3) is 192. The maximum absolute atomic E-state index is 2.17. The van der Waals surface area contributed by atoms with E-state index in [1.165, 1.54) is 0 Å². The van der Waals surface area contributed by atoms with Gasteiger partial charge in [0, 0.05) is 0 Å². The van der Waals surface area contributed by atoms with Gasteiger partial charge in [0.15, 0.2) is 0 Å². The average Bonchev–Trinajstić information content (AvgIpc) is 0.811. The maximum atomic E-state index is 2.17. The van der Waals surface area contributed by atoms with Crippen molar-refractivity contribution in [3.63, 3.8) is 0 Å². The van der Waals surface area contributed by atoms with Crippen LogP contribution in [-0.4, -0.2) is 7.85 Å². The van der Waals surface area contributed by atoms with Crippen molar-refractivity contribution in [2.45, 2.75) is 19.7 Å². The van der Waals surface area contributed by atoms with Crippen LogP contribution in [0.4, 0.5) is 0 Å². The first-order valence-corrected chi connectivity index (χ1v) is 1.73. The van der Waals surface area contributed by atoms with E-state index in [-0.39, 0.29) is 12.4 Å². The van der Waals surface area contributed by atoms with Crippen molar-refractivity contribution in [1.29, 1.82) is 0 Å². The molecule has 0 aliphatic heterocycles. The lowest BCUT2D eigenvalue weighted by Gasteiger charge is -1.78. The summed E-state index contributed by atoms with van der Waals surface area (Å²) in [6.07, 6.45) is 0. The molecule has 0 bridgehead atoms. The van der Waals surface area contributed by atoms with Gasteiger partial charge in [-0.25, -0.2) is 0 Å². The minimum atomic E-state index is 0. The Morgan fingerprint density at radius 1 is 1.40 bits per heavy atom. The fraction of sp³-hybridized carbons (Fsp3) is 1.00. The van der Waals surface area contributed by atoms with Gasteiger partial charge in [0.1, 0.15) is 7.85 Å². The van der Waals surface area contributed by atoms with Crippen LogP contribution in [0.1, 0.15) is 13.8 Å². The van der Waals surface area contributed by atoms with E-state index in [4.69, 9.17) is 0 Å². The highest BCUT2D eigenvalue weighted by atomic mass is 35.5. The number of hydrogen-bond donors (Lipinski definition) is 0. The summed E-state index contributed by atoms with van der Waals surface area (Å²) in [7, 11) is 2.17. The normalized spacial score (nSPS) is 7.00. The van der Waals surface area contributed by atoms with Crippen molar-refractivity contribution in [3.8, 4) is 0 Å². The Morgan fingerprint density at radius 3 is 1.40 bits per heavy atom. The van der Waals surface area contributed by atoms with Crippen LogP contribution >= 0.6 is 12.4 Å². The van der Waals surface area contributed by atoms with Crippen molar-refractivity contribution in [1.82, 2.24) is 0 Å². The molecule has 0 N–H and O–H groups in total. The smallest absolute Gasteiger partial charge is 0.104 e. The third-order valence-corrected chi connectivity index (χ3v) is 0. The molecule has 0 amide bonds. The van der Waals surface area contributed by atoms with Gasteiger partial charge in [0.05, 0.1) is 0 Å². The van der Waals surface area contributed by atoms with Gasteiger partial charge in [0.2, 0.25) is 0 Å². The molecule has 0 aliphatic rings. The fourth-order valence-electron chi connectivity index (χ4n) is 0. The number of hydrogen-bond acceptors (Lipinski definition) is 0. The summed E-state index contributed by atoms with van der Waals surface area (Å²) in [4.78, 5) is 0. The molecule has 0 saturated heterocycles. The van der Waals surface area contributed by atoms with E-state index in [9.17, 15) is 0 Å². The second kappa shape index (κ2) is 4.35. The summed E-state index contributed by atoms with van der Waals surface area (Å²) in [5, 5.41) is 0. The second-order valence-electron chi connectivity index (χ2n) is 1.73. The topological polar surface area (TPSA) is 0 Å². The zero-order valence-electron chi connectivity index (χ0n) is 3.99. The Labute approximate surface area is 40.8 Å². The molecular weight excluding hydrogens is 82.3 g/mol. The molecule has 0 fully saturated rings. The van der Waals surface area contributed by atoms with Gasteiger partial charge in [-0.15, -0.1) is 12.4 Å². The molecule has 0 spiro atoms. The largest absolute Gasteiger partial charge is 0.147 e. The van der Waals surface area contributed by atoms with Crippen LogP contribution in [0.5, 0.6) is 0 Å². The maximum Gasteiger partial charge on any atom is 0.104 e. The first-order valence-electron chi connectivity index (χ1n) is 1.73. The first-order chi connectivity index (χ1) is 1.73. The molecule has 5 heavy (non-hydrogen) atoms. The van der Waals surface area contributed by atoms with Gasteiger partial charge < -0.3 is 0 Å². The van der Waals surface area contributed by atoms with E-state index in [2.05, 4.69) is 21.7 Å². The molecular formula is C3H10BCl. The Balaban J connectivity index is 0. The number of halogens is 1. The van der Waals surface area contributed by atoms with E-state index in [1.807, 2.05) is 0 Å². The Kier molecular flexibility index (Phi) is 7.86. The molecule has 0 saturated carbocycles. The van der Waals surface area contributed by atoms with Crippen LogP contribution in [0.2, 0.25) is 5.82 Å². The lowest BCUT2D eigenvalue weighted by molar-refractivity contribution is 1.08. The van der Waals surface area contributed by atoms with Crippen molar-refractivity contribution in [2.24, 2.45) is 0 Å². The molecule has 0 aromatic carbocycles. The van der Waals surface area contributed by atoms with Gasteiger partial charge in [-0.1, -0.05) is 19.7 Å². The molecule has 0 aromatic heterocycles. The van der Waals surface area contributed by atoms with Gasteiger partial charge in [-0.3, -0.25) is 0 Å². The van der Waals surface area contributed by atoms with Crippen molar-refractivity contribution in [3.05, 3.63) is 0 Å². The van der Waals surface area contributed by atoms with Crippen LogP contribution in [-0.2, 0) is 0 Å². The highest BCUT2D eigenvalue weighted by Gasteiger charge is 1.69. The Hall–Kier alpha value is 0.355. The van der Waals surface area contributed by atoms with E-state index in [1.54, 1.807) is 0 Å². The summed E-state index contributed by atoms with van der Waals surface area (Å²) in [5.41, 5.74) is 0. The minimum Gasteiger partial charge on any atom is -0.147 e. The van der Waals surface area contributed by atoms with Crippen LogP contribution in [0.15, 0.2) is 0 Å². The molecule has 0 aliphatic carbocycles. The van der Waals surface area contributed by atoms with Gasteiger partial charge in [-0.05, 0) is 0 Å². The highest BCUT2D eigenvalue weighted by Crippen LogP contribution is 1.84. The van der Waals surface area contributed by atoms with Crippen molar-refractivity contribution >= 4 is 20.3 Å². The molecule has 0 nitrogen and oxygen atoms in total. The molecule has 0 unspecified atom stereocenters. The van der Waals surface area contributed by atoms with E-state index in [0.717, 1.165) is 5.82 Å². The van der Waals surface area contributed by atoms with Gasteiger partial charge in [-0.2, -0.15) is 0 Å². The van der Waals surface area contributed by atoms with Crippen molar-refractivity contribution < 1.29 is 0 Å². The zero-order chi connectivity index (χ0) is 3.58. The zero-order valence-corrected chi connectivity index (χ0v) is 4.80. The van der Waals surface area contributed by atoms with E-state index in [0.29, 0.717) is 0 Å². The van der Waals surface area contributed by atoms with Crippen LogP contribution in [0.3, 0.4) is 0 Å². The standard InChI is InChI=1S/C3H9B.ClH/c1-3(2)4;/h3H,4H2,1-2H3;1H. The SMILES string of the molecule is BC(C)C.Cl. The summed E-state index contributed by atoms with van der Waals surface area (Å²) in [6, 6.07) is 0. The summed E-state index contributed by atoms with van der Waals surface area (Å²) in [6.45, 7) is 4.33. The summed E-state index contributed by atoms with van der Waals surface area (Å²) in [5.74, 6) is 0.833. The van der Waals surface area contributed by atoms with Crippen LogP contribution < -0.4 is 0 Å². The third-order valence-electron chi connectivity index (χ3n) is 0. The second-order valence-corrected chi connectivity index (χ2v) is 1.73. The van der Waals surface area contributed by atoms with Gasteiger partial charge in [0.25, 0.3) is 0 Å².